The average molecular weight is 238 g/mol. The van der Waals surface area contributed by atoms with E-state index in [4.69, 9.17) is 9.84 Å². The number of carbonyl (C=O) groups is 1. The fourth-order valence-electron chi connectivity index (χ4n) is 1.27. The predicted molar refractivity (Wildman–Crippen MR) is 60.3 cm³/mol. The zero-order valence-corrected chi connectivity index (χ0v) is 12.7. The Morgan fingerprint density at radius 3 is 2.38 bits per heavy atom. The molecule has 0 unspecified atom stereocenters. The molecular formula is C12H23NaO3. The van der Waals surface area contributed by atoms with Crippen LogP contribution in [0.1, 0.15) is 51.9 Å². The van der Waals surface area contributed by atoms with E-state index in [1.807, 2.05) is 0 Å². The quantitative estimate of drug-likeness (QED) is 0.254. The second-order valence-corrected chi connectivity index (χ2v) is 3.74. The number of hydrogen-bond donors (Lipinski definition) is 1. The maximum Gasteiger partial charge on any atom is 1.00 e. The van der Waals surface area contributed by atoms with Crippen molar-refractivity contribution in [2.45, 2.75) is 58.0 Å². The van der Waals surface area contributed by atoms with Gasteiger partial charge in [-0.25, -0.2) is 4.79 Å². The molecule has 0 saturated heterocycles. The van der Waals surface area contributed by atoms with E-state index in [-0.39, 0.29) is 36.0 Å². The van der Waals surface area contributed by atoms with Gasteiger partial charge in [-0.05, 0) is 6.42 Å². The molecule has 16 heavy (non-hydrogen) atoms. The molecular weight excluding hydrogens is 215 g/mol. The molecule has 0 aliphatic heterocycles. The molecule has 0 fully saturated rings. The van der Waals surface area contributed by atoms with Gasteiger partial charge in [-0.2, -0.15) is 0 Å². The van der Waals surface area contributed by atoms with E-state index in [1.54, 1.807) is 0 Å². The Hall–Kier alpha value is 0.430. The predicted octanol–water partition coefficient (Wildman–Crippen LogP) is -0.521. The summed E-state index contributed by atoms with van der Waals surface area (Å²) >= 11 is 0. The van der Waals surface area contributed by atoms with Gasteiger partial charge in [-0.3, -0.25) is 0 Å². The molecule has 0 aromatic carbocycles. The van der Waals surface area contributed by atoms with Crippen molar-refractivity contribution in [3.8, 4) is 0 Å². The van der Waals surface area contributed by atoms with Gasteiger partial charge in [0.1, 0.15) is 6.10 Å². The van der Waals surface area contributed by atoms with Crippen LogP contribution >= 0.6 is 0 Å². The van der Waals surface area contributed by atoms with Crippen LogP contribution in [0.4, 0.5) is 0 Å². The number of carbonyl (C=O) groups excluding carboxylic acids is 1. The summed E-state index contributed by atoms with van der Waals surface area (Å²) in [4.78, 5) is 11.0. The summed E-state index contributed by atoms with van der Waals surface area (Å²) in [6, 6.07) is 0. The fourth-order valence-corrected chi connectivity index (χ4v) is 1.27. The molecule has 0 saturated carbocycles. The Kier molecular flexibility index (Phi) is 15.8. The summed E-state index contributed by atoms with van der Waals surface area (Å²) < 4.78 is 4.87. The van der Waals surface area contributed by atoms with Gasteiger partial charge in [0.05, 0.1) is 6.61 Å². The average Bonchev–Trinajstić information content (AvgIpc) is 2.26. The van der Waals surface area contributed by atoms with Crippen molar-refractivity contribution < 1.29 is 44.2 Å². The standard InChI is InChI=1S/C12H23O3.Na/c1-3-5-6-7-8-9-10-15-12(14)11(13)4-2;/h11,13H,2-10H2,1H3;/q-1;+1/t11-;/m1./s1. The van der Waals surface area contributed by atoms with E-state index >= 15 is 0 Å². The number of aliphatic hydroxyl groups excluding tert-OH is 1. The van der Waals surface area contributed by atoms with Crippen LogP contribution < -0.4 is 29.6 Å². The number of esters is 1. The van der Waals surface area contributed by atoms with Gasteiger partial charge in [0.2, 0.25) is 0 Å². The first-order valence-corrected chi connectivity index (χ1v) is 5.86. The van der Waals surface area contributed by atoms with Crippen molar-refractivity contribution in [1.29, 1.82) is 0 Å². The van der Waals surface area contributed by atoms with Gasteiger partial charge in [-0.1, -0.05) is 39.0 Å². The van der Waals surface area contributed by atoms with Crippen LogP contribution in [0.3, 0.4) is 0 Å². The molecule has 0 bridgehead atoms. The van der Waals surface area contributed by atoms with Crippen molar-refractivity contribution in [2.24, 2.45) is 0 Å². The Balaban J connectivity index is 0. The summed E-state index contributed by atoms with van der Waals surface area (Å²) in [5.74, 6) is -0.543. The third-order valence-corrected chi connectivity index (χ3v) is 2.29. The van der Waals surface area contributed by atoms with E-state index in [0.29, 0.717) is 6.61 Å². The molecule has 0 aliphatic carbocycles. The van der Waals surface area contributed by atoms with E-state index < -0.39 is 12.1 Å². The summed E-state index contributed by atoms with van der Waals surface area (Å²) in [5.41, 5.74) is 0. The first-order chi connectivity index (χ1) is 7.22. The largest absolute Gasteiger partial charge is 1.00 e. The molecule has 1 N–H and O–H groups in total. The number of rotatable bonds is 9. The minimum Gasteiger partial charge on any atom is -0.464 e. The molecule has 0 aromatic rings. The van der Waals surface area contributed by atoms with Gasteiger partial charge < -0.3 is 16.8 Å². The summed E-state index contributed by atoms with van der Waals surface area (Å²) in [6.45, 7) is 6.04. The monoisotopic (exact) mass is 238 g/mol. The smallest absolute Gasteiger partial charge is 0.464 e. The Labute approximate surface area is 121 Å². The molecule has 0 spiro atoms. The third-order valence-electron chi connectivity index (χ3n) is 2.29. The second-order valence-electron chi connectivity index (χ2n) is 3.74. The molecule has 3 nitrogen and oxygen atoms in total. The third kappa shape index (κ3) is 10.9. The van der Waals surface area contributed by atoms with Crippen LogP contribution in [0.15, 0.2) is 0 Å². The van der Waals surface area contributed by atoms with E-state index in [0.717, 1.165) is 12.8 Å². The van der Waals surface area contributed by atoms with E-state index in [1.165, 1.54) is 25.7 Å². The first-order valence-electron chi connectivity index (χ1n) is 5.86. The molecule has 0 radical (unpaired) electrons. The Bertz CT molecular complexity index is 162. The zero-order valence-electron chi connectivity index (χ0n) is 10.7. The molecule has 90 valence electrons. The van der Waals surface area contributed by atoms with Crippen LogP contribution in [0.5, 0.6) is 0 Å². The number of ether oxygens (including phenoxy) is 1. The zero-order chi connectivity index (χ0) is 11.5. The van der Waals surface area contributed by atoms with Gasteiger partial charge in [-0.15, -0.1) is 6.42 Å². The van der Waals surface area contributed by atoms with E-state index in [2.05, 4.69) is 13.8 Å². The van der Waals surface area contributed by atoms with Crippen molar-refractivity contribution in [3.63, 3.8) is 0 Å². The number of aliphatic hydroxyl groups is 1. The molecule has 0 rings (SSSR count). The van der Waals surface area contributed by atoms with Crippen molar-refractivity contribution in [2.75, 3.05) is 6.61 Å². The summed E-state index contributed by atoms with van der Waals surface area (Å²) in [7, 11) is 0. The maximum absolute atomic E-state index is 11.0. The summed E-state index contributed by atoms with van der Waals surface area (Å²) in [6.07, 6.45) is 6.08. The molecule has 4 heteroatoms. The molecule has 0 heterocycles. The number of unbranched alkanes of at least 4 members (excludes halogenated alkanes) is 5. The van der Waals surface area contributed by atoms with Crippen LogP contribution in [0, 0.1) is 6.92 Å². The van der Waals surface area contributed by atoms with Crippen molar-refractivity contribution in [1.82, 2.24) is 0 Å². The van der Waals surface area contributed by atoms with Gasteiger partial charge >= 0.3 is 35.5 Å². The normalized spacial score (nSPS) is 11.7. The Morgan fingerprint density at radius 2 is 1.81 bits per heavy atom. The molecule has 0 amide bonds. The van der Waals surface area contributed by atoms with Gasteiger partial charge in [0.25, 0.3) is 0 Å². The second kappa shape index (κ2) is 13.5. The van der Waals surface area contributed by atoms with Gasteiger partial charge in [0, 0.05) is 0 Å². The fraction of sp³-hybridized carbons (Fsp3) is 0.833. The SMILES string of the molecule is [CH2-]C[C@@H](O)C(=O)OCCCCCCCC.[Na+]. The summed E-state index contributed by atoms with van der Waals surface area (Å²) in [5, 5.41) is 9.06. The Morgan fingerprint density at radius 1 is 1.25 bits per heavy atom. The topological polar surface area (TPSA) is 46.5 Å². The van der Waals surface area contributed by atoms with Gasteiger partial charge in [0.15, 0.2) is 0 Å². The van der Waals surface area contributed by atoms with Crippen LogP contribution in [-0.4, -0.2) is 23.8 Å². The first kappa shape index (κ1) is 18.8. The molecule has 0 aliphatic rings. The maximum atomic E-state index is 11.0. The number of hydrogen-bond acceptors (Lipinski definition) is 3. The van der Waals surface area contributed by atoms with Crippen LogP contribution in [-0.2, 0) is 9.53 Å². The molecule has 0 aromatic heterocycles. The van der Waals surface area contributed by atoms with Crippen molar-refractivity contribution in [3.05, 3.63) is 6.92 Å². The van der Waals surface area contributed by atoms with Crippen LogP contribution in [0.2, 0.25) is 0 Å². The minimum absolute atomic E-state index is 0. The molecule has 1 atom stereocenters. The van der Waals surface area contributed by atoms with E-state index in [9.17, 15) is 4.79 Å². The van der Waals surface area contributed by atoms with Crippen LogP contribution in [0.25, 0.3) is 0 Å². The van der Waals surface area contributed by atoms with Crippen molar-refractivity contribution >= 4 is 5.97 Å². The minimum atomic E-state index is -1.05.